The molecule has 2 heterocycles. The summed E-state index contributed by atoms with van der Waals surface area (Å²) in [4.78, 5) is 2.32. The molecule has 1 N–H and O–H groups in total. The molecule has 0 saturated carbocycles. The molecular formula is C20H22N2O3S. The van der Waals surface area contributed by atoms with Crippen molar-refractivity contribution in [2.45, 2.75) is 24.3 Å². The summed E-state index contributed by atoms with van der Waals surface area (Å²) >= 11 is 0. The summed E-state index contributed by atoms with van der Waals surface area (Å²) in [6.45, 7) is 2.69. The highest BCUT2D eigenvalue weighted by Crippen LogP contribution is 2.47. The summed E-state index contributed by atoms with van der Waals surface area (Å²) in [5, 5.41) is 11.8. The Kier molecular flexibility index (Phi) is 3.95. The number of aliphatic hydroxyl groups excluding tert-OH is 1. The number of fused-ring (bicyclic) bond motifs is 5. The van der Waals surface area contributed by atoms with Crippen molar-refractivity contribution in [2.24, 2.45) is 0 Å². The lowest BCUT2D eigenvalue weighted by Crippen LogP contribution is -2.16. The highest BCUT2D eigenvalue weighted by molar-refractivity contribution is 7.90. The lowest BCUT2D eigenvalue weighted by atomic mass is 9.98. The molecule has 0 aliphatic carbocycles. The molecule has 1 aromatic heterocycles. The van der Waals surface area contributed by atoms with Crippen molar-refractivity contribution in [3.05, 3.63) is 53.6 Å². The van der Waals surface area contributed by atoms with Gasteiger partial charge in [-0.15, -0.1) is 0 Å². The topological polar surface area (TPSA) is 62.5 Å². The van der Waals surface area contributed by atoms with Gasteiger partial charge in [0, 0.05) is 23.1 Å². The average molecular weight is 370 g/mol. The Morgan fingerprint density at radius 3 is 2.62 bits per heavy atom. The number of benzene rings is 2. The van der Waals surface area contributed by atoms with Gasteiger partial charge in [0.25, 0.3) is 10.0 Å². The van der Waals surface area contributed by atoms with E-state index in [1.165, 1.54) is 3.97 Å². The number of nitrogens with zero attached hydrogens (tertiary/aromatic N) is 2. The average Bonchev–Trinajstić information content (AvgIpc) is 3.04. The zero-order valence-corrected chi connectivity index (χ0v) is 15.9. The number of hydrogen-bond acceptors (Lipinski definition) is 4. The standard InChI is InChI=1S/C20H22N2O3S/c1-13-8-9-16-15(12-13)19(17(23)10-11-21(2)3)20-14-6-4-5-7-18(14)26(24,25)22(16)20/h4-9,12,17,23H,10-11H2,1-3H3. The van der Waals surface area contributed by atoms with Crippen LogP contribution in [0, 0.1) is 6.92 Å². The smallest absolute Gasteiger partial charge is 0.269 e. The zero-order chi connectivity index (χ0) is 18.6. The Morgan fingerprint density at radius 1 is 1.15 bits per heavy atom. The molecular weight excluding hydrogens is 348 g/mol. The van der Waals surface area contributed by atoms with E-state index in [1.54, 1.807) is 12.1 Å². The van der Waals surface area contributed by atoms with Crippen LogP contribution in [0.2, 0.25) is 0 Å². The lowest BCUT2D eigenvalue weighted by molar-refractivity contribution is 0.156. The fourth-order valence-corrected chi connectivity index (χ4v) is 5.50. The van der Waals surface area contributed by atoms with Crippen molar-refractivity contribution in [2.75, 3.05) is 20.6 Å². The molecule has 0 spiro atoms. The van der Waals surface area contributed by atoms with Crippen LogP contribution < -0.4 is 0 Å². The molecule has 2 aromatic carbocycles. The van der Waals surface area contributed by atoms with Gasteiger partial charge < -0.3 is 10.0 Å². The van der Waals surface area contributed by atoms with Crippen molar-refractivity contribution >= 4 is 20.9 Å². The summed E-state index contributed by atoms with van der Waals surface area (Å²) in [5.74, 6) is 0. The van der Waals surface area contributed by atoms with Crippen LogP contribution in [-0.2, 0) is 10.0 Å². The second-order valence-electron chi connectivity index (χ2n) is 7.16. The largest absolute Gasteiger partial charge is 0.388 e. The van der Waals surface area contributed by atoms with Gasteiger partial charge in [-0.25, -0.2) is 12.4 Å². The highest BCUT2D eigenvalue weighted by Gasteiger charge is 2.38. The van der Waals surface area contributed by atoms with E-state index in [-0.39, 0.29) is 0 Å². The van der Waals surface area contributed by atoms with Gasteiger partial charge in [0.1, 0.15) is 0 Å². The van der Waals surface area contributed by atoms with Gasteiger partial charge in [-0.1, -0.05) is 29.8 Å². The van der Waals surface area contributed by atoms with Gasteiger partial charge in [-0.3, -0.25) is 0 Å². The minimum Gasteiger partial charge on any atom is -0.388 e. The van der Waals surface area contributed by atoms with Gasteiger partial charge in [0.2, 0.25) is 0 Å². The van der Waals surface area contributed by atoms with Crippen LogP contribution in [-0.4, -0.2) is 43.0 Å². The van der Waals surface area contributed by atoms with Gasteiger partial charge in [0.15, 0.2) is 0 Å². The summed E-state index contributed by atoms with van der Waals surface area (Å²) in [7, 11) is 0.261. The van der Waals surface area contributed by atoms with Crippen LogP contribution in [0.5, 0.6) is 0 Å². The maximum absolute atomic E-state index is 13.1. The first kappa shape index (κ1) is 17.3. The Bertz CT molecular complexity index is 1110. The molecule has 136 valence electrons. The first-order valence-corrected chi connectivity index (χ1v) is 10.1. The Hall–Kier alpha value is -2.15. The summed E-state index contributed by atoms with van der Waals surface area (Å²) in [6.07, 6.45) is -0.200. The van der Waals surface area contributed by atoms with E-state index in [0.29, 0.717) is 40.2 Å². The summed E-state index contributed by atoms with van der Waals surface area (Å²) < 4.78 is 27.7. The molecule has 0 saturated heterocycles. The predicted molar refractivity (Wildman–Crippen MR) is 103 cm³/mol. The molecule has 0 radical (unpaired) electrons. The van der Waals surface area contributed by atoms with Crippen LogP contribution in [0.3, 0.4) is 0 Å². The van der Waals surface area contributed by atoms with E-state index < -0.39 is 16.1 Å². The molecule has 26 heavy (non-hydrogen) atoms. The van der Waals surface area contributed by atoms with Crippen molar-refractivity contribution < 1.29 is 13.5 Å². The van der Waals surface area contributed by atoms with Crippen molar-refractivity contribution in [3.8, 4) is 11.3 Å². The number of aryl methyl sites for hydroxylation is 1. The fourth-order valence-electron chi connectivity index (χ4n) is 3.75. The van der Waals surface area contributed by atoms with Gasteiger partial charge in [-0.05, 0) is 45.6 Å². The quantitative estimate of drug-likeness (QED) is 0.599. The molecule has 0 fully saturated rings. The molecule has 5 nitrogen and oxygen atoms in total. The Labute approximate surface area is 153 Å². The molecule has 1 unspecified atom stereocenters. The van der Waals surface area contributed by atoms with E-state index >= 15 is 0 Å². The second-order valence-corrected chi connectivity index (χ2v) is 8.91. The summed E-state index contributed by atoms with van der Waals surface area (Å²) in [5.41, 5.74) is 3.64. The molecule has 6 heteroatoms. The van der Waals surface area contributed by atoms with Crippen LogP contribution in [0.1, 0.15) is 23.7 Å². The Morgan fingerprint density at radius 2 is 1.88 bits per heavy atom. The molecule has 1 aliphatic heterocycles. The molecule has 4 rings (SSSR count). The molecule has 0 amide bonds. The third-order valence-corrected chi connectivity index (χ3v) is 6.73. The lowest BCUT2D eigenvalue weighted by Gasteiger charge is -2.15. The van der Waals surface area contributed by atoms with Crippen LogP contribution in [0.25, 0.3) is 22.2 Å². The monoisotopic (exact) mass is 370 g/mol. The van der Waals surface area contributed by atoms with Crippen molar-refractivity contribution in [1.29, 1.82) is 0 Å². The zero-order valence-electron chi connectivity index (χ0n) is 15.1. The van der Waals surface area contributed by atoms with Crippen LogP contribution in [0.4, 0.5) is 0 Å². The van der Waals surface area contributed by atoms with E-state index in [2.05, 4.69) is 0 Å². The van der Waals surface area contributed by atoms with Gasteiger partial charge in [-0.2, -0.15) is 0 Å². The molecule has 3 aromatic rings. The minimum atomic E-state index is -3.65. The third kappa shape index (κ3) is 2.40. The van der Waals surface area contributed by atoms with E-state index in [4.69, 9.17) is 0 Å². The predicted octanol–water partition coefficient (Wildman–Crippen LogP) is 3.15. The first-order valence-electron chi connectivity index (χ1n) is 8.65. The summed E-state index contributed by atoms with van der Waals surface area (Å²) in [6, 6.07) is 12.7. The van der Waals surface area contributed by atoms with Crippen LogP contribution >= 0.6 is 0 Å². The first-order chi connectivity index (χ1) is 12.3. The minimum absolute atomic E-state index is 0.304. The van der Waals surface area contributed by atoms with E-state index in [9.17, 15) is 13.5 Å². The van der Waals surface area contributed by atoms with E-state index in [1.807, 2.05) is 56.3 Å². The number of rotatable bonds is 4. The molecule has 1 aliphatic rings. The third-order valence-electron chi connectivity index (χ3n) is 4.96. The maximum atomic E-state index is 13.1. The number of aromatic nitrogens is 1. The molecule has 0 bridgehead atoms. The van der Waals surface area contributed by atoms with Gasteiger partial charge >= 0.3 is 0 Å². The van der Waals surface area contributed by atoms with Crippen molar-refractivity contribution in [1.82, 2.24) is 8.87 Å². The SMILES string of the molecule is Cc1ccc2c(c1)c(C(O)CCN(C)C)c1n2S(=O)(=O)c2ccccc2-1. The van der Waals surface area contributed by atoms with E-state index in [0.717, 1.165) is 10.9 Å². The van der Waals surface area contributed by atoms with Gasteiger partial charge in [0.05, 0.1) is 22.2 Å². The number of aliphatic hydroxyl groups is 1. The van der Waals surface area contributed by atoms with Crippen LogP contribution in [0.15, 0.2) is 47.4 Å². The molecule has 1 atom stereocenters. The highest BCUT2D eigenvalue weighted by atomic mass is 32.2. The number of hydrogen-bond donors (Lipinski definition) is 1. The second kappa shape index (κ2) is 5.94. The maximum Gasteiger partial charge on any atom is 0.269 e. The normalized spacial score (nSPS) is 16.0. The Balaban J connectivity index is 2.06. The van der Waals surface area contributed by atoms with Crippen molar-refractivity contribution in [3.63, 3.8) is 0 Å². The fraction of sp³-hybridized carbons (Fsp3) is 0.300.